The Morgan fingerprint density at radius 1 is 1.10 bits per heavy atom. The van der Waals surface area contributed by atoms with Gasteiger partial charge in [-0.3, -0.25) is 0 Å². The molecule has 3 rings (SSSR count). The molecule has 0 bridgehead atoms. The molecule has 1 aromatic carbocycles. The van der Waals surface area contributed by atoms with Crippen LogP contribution in [0.4, 0.5) is 0 Å². The van der Waals surface area contributed by atoms with Crippen LogP contribution < -0.4 is 5.32 Å². The number of hydrogen-bond acceptors (Lipinski definition) is 2. The van der Waals surface area contributed by atoms with E-state index in [4.69, 9.17) is 0 Å². The van der Waals surface area contributed by atoms with Gasteiger partial charge in [-0.2, -0.15) is 0 Å². The summed E-state index contributed by atoms with van der Waals surface area (Å²) in [6.07, 6.45) is 7.82. The molecule has 1 aromatic heterocycles. The first-order valence-electron chi connectivity index (χ1n) is 8.25. The number of aryl methyl sites for hydroxylation is 2. The fraction of sp³-hybridized carbons (Fsp3) is 0.474. The Morgan fingerprint density at radius 3 is 2.71 bits per heavy atom. The quantitative estimate of drug-likeness (QED) is 0.773. The Kier molecular flexibility index (Phi) is 5.10. The third-order valence-electron chi connectivity index (χ3n) is 4.34. The van der Waals surface area contributed by atoms with Gasteiger partial charge < -0.3 is 5.32 Å². The standard InChI is InChI=1S/C19H25NS/c1-2-20-17(13-15-9-5-3-6-10-15)19-14-16-11-7-4-8-12-18(16)21-19/h3,5-6,9-10,14,17,20H,2,4,7-8,11-13H2,1H3. The SMILES string of the molecule is CCNC(Cc1ccccc1)c1cc2c(s1)CCCCC2. The predicted molar refractivity (Wildman–Crippen MR) is 92.1 cm³/mol. The van der Waals surface area contributed by atoms with Gasteiger partial charge in [-0.1, -0.05) is 43.7 Å². The second kappa shape index (κ2) is 7.24. The summed E-state index contributed by atoms with van der Waals surface area (Å²) in [4.78, 5) is 3.19. The second-order valence-electron chi connectivity index (χ2n) is 5.96. The van der Waals surface area contributed by atoms with Crippen LogP contribution in [0.5, 0.6) is 0 Å². The lowest BCUT2D eigenvalue weighted by Crippen LogP contribution is -2.22. The lowest BCUT2D eigenvalue weighted by atomic mass is 10.0. The molecule has 2 aromatic rings. The van der Waals surface area contributed by atoms with E-state index in [0.29, 0.717) is 6.04 Å². The zero-order chi connectivity index (χ0) is 14.5. The molecular formula is C19H25NS. The summed E-state index contributed by atoms with van der Waals surface area (Å²) in [7, 11) is 0. The summed E-state index contributed by atoms with van der Waals surface area (Å²) in [6, 6.07) is 13.8. The topological polar surface area (TPSA) is 12.0 Å². The highest BCUT2D eigenvalue weighted by atomic mass is 32.1. The lowest BCUT2D eigenvalue weighted by Gasteiger charge is -2.16. The van der Waals surface area contributed by atoms with Crippen molar-refractivity contribution in [3.05, 3.63) is 57.3 Å². The predicted octanol–water partition coefficient (Wildman–Crippen LogP) is 4.91. The Labute approximate surface area is 132 Å². The van der Waals surface area contributed by atoms with Gasteiger partial charge in [-0.15, -0.1) is 11.3 Å². The Hall–Kier alpha value is -1.12. The van der Waals surface area contributed by atoms with E-state index < -0.39 is 0 Å². The summed E-state index contributed by atoms with van der Waals surface area (Å²) in [5.74, 6) is 0. The third kappa shape index (κ3) is 3.75. The first-order valence-corrected chi connectivity index (χ1v) is 9.07. The molecule has 112 valence electrons. The minimum absolute atomic E-state index is 0.467. The molecule has 0 aliphatic heterocycles. The molecule has 1 aliphatic rings. The minimum Gasteiger partial charge on any atom is -0.309 e. The normalized spacial score (nSPS) is 16.2. The van der Waals surface area contributed by atoms with Crippen LogP contribution in [0.25, 0.3) is 0 Å². The van der Waals surface area contributed by atoms with Crippen molar-refractivity contribution < 1.29 is 0 Å². The van der Waals surface area contributed by atoms with Crippen LogP contribution in [-0.2, 0) is 19.3 Å². The summed E-state index contributed by atoms with van der Waals surface area (Å²) >= 11 is 2.05. The maximum atomic E-state index is 3.68. The van der Waals surface area contributed by atoms with E-state index in [-0.39, 0.29) is 0 Å². The van der Waals surface area contributed by atoms with E-state index in [0.717, 1.165) is 13.0 Å². The Morgan fingerprint density at radius 2 is 1.90 bits per heavy atom. The molecule has 0 saturated carbocycles. The van der Waals surface area contributed by atoms with Crippen molar-refractivity contribution in [3.63, 3.8) is 0 Å². The van der Waals surface area contributed by atoms with Crippen LogP contribution in [0.2, 0.25) is 0 Å². The highest BCUT2D eigenvalue weighted by Crippen LogP contribution is 2.33. The molecule has 1 aliphatic carbocycles. The Balaban J connectivity index is 1.80. The molecule has 0 amide bonds. The van der Waals surface area contributed by atoms with Crippen molar-refractivity contribution in [2.24, 2.45) is 0 Å². The number of benzene rings is 1. The van der Waals surface area contributed by atoms with E-state index >= 15 is 0 Å². The van der Waals surface area contributed by atoms with Crippen LogP contribution in [0.3, 0.4) is 0 Å². The highest BCUT2D eigenvalue weighted by molar-refractivity contribution is 7.12. The Bertz CT molecular complexity index is 535. The highest BCUT2D eigenvalue weighted by Gasteiger charge is 2.18. The number of hydrogen-bond donors (Lipinski definition) is 1. The van der Waals surface area contributed by atoms with Crippen molar-refractivity contribution in [2.45, 2.75) is 51.5 Å². The number of fused-ring (bicyclic) bond motifs is 1. The van der Waals surface area contributed by atoms with Crippen molar-refractivity contribution in [2.75, 3.05) is 6.54 Å². The molecule has 0 fully saturated rings. The van der Waals surface area contributed by atoms with Gasteiger partial charge in [0, 0.05) is 15.8 Å². The number of likely N-dealkylation sites (N-methyl/N-ethyl adjacent to an activating group) is 1. The molecule has 21 heavy (non-hydrogen) atoms. The molecule has 0 spiro atoms. The number of thiophene rings is 1. The molecule has 1 atom stereocenters. The van der Waals surface area contributed by atoms with Crippen molar-refractivity contribution in [1.82, 2.24) is 5.32 Å². The number of rotatable bonds is 5. The van der Waals surface area contributed by atoms with Gasteiger partial charge in [-0.25, -0.2) is 0 Å². The van der Waals surface area contributed by atoms with Crippen molar-refractivity contribution in [3.8, 4) is 0 Å². The van der Waals surface area contributed by atoms with Gasteiger partial charge in [0.2, 0.25) is 0 Å². The second-order valence-corrected chi connectivity index (χ2v) is 7.13. The maximum Gasteiger partial charge on any atom is 0.0455 e. The average molecular weight is 299 g/mol. The van der Waals surface area contributed by atoms with E-state index in [1.807, 2.05) is 0 Å². The summed E-state index contributed by atoms with van der Waals surface area (Å²) in [5.41, 5.74) is 3.05. The summed E-state index contributed by atoms with van der Waals surface area (Å²) in [5, 5.41) is 3.68. The van der Waals surface area contributed by atoms with E-state index in [2.05, 4.69) is 60.0 Å². The van der Waals surface area contributed by atoms with Crippen LogP contribution in [0, 0.1) is 0 Å². The molecule has 0 radical (unpaired) electrons. The smallest absolute Gasteiger partial charge is 0.0455 e. The lowest BCUT2D eigenvalue weighted by molar-refractivity contribution is 0.558. The van der Waals surface area contributed by atoms with Gasteiger partial charge in [0.05, 0.1) is 0 Å². The monoisotopic (exact) mass is 299 g/mol. The van der Waals surface area contributed by atoms with Crippen LogP contribution in [0.1, 0.15) is 53.1 Å². The van der Waals surface area contributed by atoms with Gasteiger partial charge in [0.25, 0.3) is 0 Å². The third-order valence-corrected chi connectivity index (χ3v) is 5.69. The zero-order valence-electron chi connectivity index (χ0n) is 12.9. The van der Waals surface area contributed by atoms with Gasteiger partial charge in [0.1, 0.15) is 0 Å². The van der Waals surface area contributed by atoms with Gasteiger partial charge >= 0.3 is 0 Å². The largest absolute Gasteiger partial charge is 0.309 e. The van der Waals surface area contributed by atoms with E-state index in [1.54, 1.807) is 10.4 Å². The molecule has 1 nitrogen and oxygen atoms in total. The number of nitrogens with one attached hydrogen (secondary N) is 1. The molecule has 1 unspecified atom stereocenters. The molecule has 1 heterocycles. The molecule has 1 N–H and O–H groups in total. The van der Waals surface area contributed by atoms with Crippen molar-refractivity contribution in [1.29, 1.82) is 0 Å². The summed E-state index contributed by atoms with van der Waals surface area (Å²) < 4.78 is 0. The van der Waals surface area contributed by atoms with Crippen molar-refractivity contribution >= 4 is 11.3 Å². The summed E-state index contributed by atoms with van der Waals surface area (Å²) in [6.45, 7) is 3.23. The first-order chi connectivity index (χ1) is 10.4. The van der Waals surface area contributed by atoms with E-state index in [9.17, 15) is 0 Å². The van der Waals surface area contributed by atoms with E-state index in [1.165, 1.54) is 42.5 Å². The van der Waals surface area contributed by atoms with Gasteiger partial charge in [-0.05, 0) is 55.8 Å². The fourth-order valence-corrected chi connectivity index (χ4v) is 4.56. The molecule has 2 heteroatoms. The maximum absolute atomic E-state index is 3.68. The van der Waals surface area contributed by atoms with Crippen LogP contribution >= 0.6 is 11.3 Å². The van der Waals surface area contributed by atoms with Gasteiger partial charge in [0.15, 0.2) is 0 Å². The minimum atomic E-state index is 0.467. The van der Waals surface area contributed by atoms with Crippen LogP contribution in [-0.4, -0.2) is 6.54 Å². The fourth-order valence-electron chi connectivity index (χ4n) is 3.23. The average Bonchev–Trinajstić information content (AvgIpc) is 2.79. The molecular weight excluding hydrogens is 274 g/mol. The first kappa shape index (κ1) is 14.8. The van der Waals surface area contributed by atoms with Crippen LogP contribution in [0.15, 0.2) is 36.4 Å². The zero-order valence-corrected chi connectivity index (χ0v) is 13.7. The molecule has 0 saturated heterocycles.